The summed E-state index contributed by atoms with van der Waals surface area (Å²) in [6.07, 6.45) is -10.5. The first-order chi connectivity index (χ1) is 16.7. The van der Waals surface area contributed by atoms with Crippen LogP contribution >= 0.6 is 0 Å². The van der Waals surface area contributed by atoms with Gasteiger partial charge in [0, 0.05) is 6.42 Å². The van der Waals surface area contributed by atoms with Gasteiger partial charge in [0.2, 0.25) is 0 Å². The predicted octanol–water partition coefficient (Wildman–Crippen LogP) is 0.812. The van der Waals surface area contributed by atoms with Crippen LogP contribution in [0.1, 0.15) is 14.3 Å². The van der Waals surface area contributed by atoms with Gasteiger partial charge in [0.1, 0.15) is 6.04 Å². The number of nitrogens with one attached hydrogen (secondary N) is 2. The maximum Gasteiger partial charge on any atom is 1.00 e. The van der Waals surface area contributed by atoms with Crippen LogP contribution in [0.25, 0.3) is 0 Å². The monoisotopic (exact) mass is 684 g/mol. The first kappa shape index (κ1) is 41.4. The molecule has 0 amide bonds. The Labute approximate surface area is 252 Å². The number of carbonyl (C=O) groups is 2. The van der Waals surface area contributed by atoms with Crippen LogP contribution in [0.2, 0.25) is 0 Å². The van der Waals surface area contributed by atoms with Crippen LogP contribution in [-0.2, 0) is 19.6 Å². The Morgan fingerprint density at radius 3 is 1.27 bits per heavy atom. The van der Waals surface area contributed by atoms with Gasteiger partial charge < -0.3 is 11.6 Å². The summed E-state index contributed by atoms with van der Waals surface area (Å²) in [6, 6.07) is -2.70. The molecule has 0 aromatic rings. The van der Waals surface area contributed by atoms with E-state index < -0.39 is 87.8 Å². The molecule has 1 atom stereocenters. The Kier molecular flexibility index (Phi) is 12.5. The first-order valence-corrected chi connectivity index (χ1v) is 10.1. The predicted molar refractivity (Wildman–Crippen MR) is 85.3 cm³/mol. The largest absolute Gasteiger partial charge is 1.00 e. The van der Waals surface area contributed by atoms with E-state index in [4.69, 9.17) is 10.2 Å². The van der Waals surface area contributed by atoms with Gasteiger partial charge in [-0.25, -0.2) is 13.8 Å². The van der Waals surface area contributed by atoms with E-state index in [9.17, 15) is 92.6 Å². The van der Waals surface area contributed by atoms with Crippen molar-refractivity contribution in [2.75, 3.05) is 0 Å². The molecule has 0 heterocycles. The zero-order valence-corrected chi connectivity index (χ0v) is 22.3. The van der Waals surface area contributed by atoms with E-state index in [1.807, 2.05) is 0 Å². The normalized spacial score (nSPS) is 15.8. The van der Waals surface area contributed by atoms with Crippen molar-refractivity contribution in [1.29, 1.82) is 0 Å². The SMILES string of the molecule is O=C(O)CCC(NNS(=O)(=O)C(F)(F)C(F)(F)C(F)(F)C(F)(F)C(F)(F)C(F)(F)C(F)(F)C(F)(F)F)C(=O)O.[H-].[K+]. The molecule has 0 aliphatic rings. The molecule has 0 aromatic carbocycles. The number of rotatable bonds is 14. The second-order valence-electron chi connectivity index (χ2n) is 7.03. The second-order valence-corrected chi connectivity index (χ2v) is 8.76. The van der Waals surface area contributed by atoms with Gasteiger partial charge in [-0.1, -0.05) is 0 Å². The number of hydrogen-bond acceptors (Lipinski definition) is 5. The van der Waals surface area contributed by atoms with Crippen LogP contribution in [0.3, 0.4) is 0 Å². The van der Waals surface area contributed by atoms with E-state index in [0.717, 1.165) is 0 Å². The third kappa shape index (κ3) is 6.58. The van der Waals surface area contributed by atoms with Gasteiger partial charge in [0.25, 0.3) is 10.0 Å². The van der Waals surface area contributed by atoms with Crippen molar-refractivity contribution < 1.29 is 156 Å². The van der Waals surface area contributed by atoms with Gasteiger partial charge in [-0.2, -0.15) is 74.6 Å². The summed E-state index contributed by atoms with van der Waals surface area (Å²) in [4.78, 5) is 21.0. The van der Waals surface area contributed by atoms with Gasteiger partial charge >= 0.3 is 110 Å². The molecule has 0 aromatic heterocycles. The number of aliphatic carboxylic acids is 2. The third-order valence-corrected chi connectivity index (χ3v) is 5.66. The Hall–Kier alpha value is -0.744. The smallest absolute Gasteiger partial charge is 1.00 e. The molecule has 40 heavy (non-hydrogen) atoms. The number of sulfonamides is 1. The van der Waals surface area contributed by atoms with Crippen molar-refractivity contribution in [3.05, 3.63) is 0 Å². The first-order valence-electron chi connectivity index (χ1n) is 8.65. The topological polar surface area (TPSA) is 133 Å². The fourth-order valence-corrected chi connectivity index (χ4v) is 2.95. The summed E-state index contributed by atoms with van der Waals surface area (Å²) in [5, 5.41) is 9.06. The van der Waals surface area contributed by atoms with Crippen molar-refractivity contribution in [1.82, 2.24) is 10.3 Å². The molecule has 4 N–H and O–H groups in total. The minimum absolute atomic E-state index is 0. The fourth-order valence-electron chi connectivity index (χ4n) is 2.06. The molecular weight excluding hydrogens is 674 g/mol. The average molecular weight is 684 g/mol. The van der Waals surface area contributed by atoms with Crippen LogP contribution in [0.5, 0.6) is 0 Å². The standard InChI is InChI=1S/C13H9F17N2O6S.K.H/c14-6(15,8(18,19)10(22,23)12(26,27)28)7(16,17)9(20,21)11(24,25)13(29,30)39(37,38)32-31-3(5(35)36)1-2-4(33)34;;/h3,31-32H,1-2H2,(H,33,34)(H,35,36);;/q;+1;-1. The van der Waals surface area contributed by atoms with E-state index in [0.29, 0.717) is 5.43 Å². The van der Waals surface area contributed by atoms with Gasteiger partial charge in [-0.15, -0.1) is 4.83 Å². The summed E-state index contributed by atoms with van der Waals surface area (Å²) in [5.74, 6) is -56.9. The van der Waals surface area contributed by atoms with Crippen LogP contribution < -0.4 is 61.6 Å². The molecule has 0 aliphatic heterocycles. The fraction of sp³-hybridized carbons (Fsp3) is 0.846. The molecule has 0 bridgehead atoms. The molecule has 0 radical (unpaired) electrons. The summed E-state index contributed by atoms with van der Waals surface area (Å²) < 4.78 is 247. The summed E-state index contributed by atoms with van der Waals surface area (Å²) in [5.41, 5.74) is 0.635. The van der Waals surface area contributed by atoms with E-state index >= 15 is 0 Å². The molecule has 0 saturated carbocycles. The average Bonchev–Trinajstić information content (AvgIpc) is 2.71. The van der Waals surface area contributed by atoms with Gasteiger partial charge in [0.05, 0.1) is 0 Å². The van der Waals surface area contributed by atoms with Crippen molar-refractivity contribution in [3.63, 3.8) is 0 Å². The summed E-state index contributed by atoms with van der Waals surface area (Å²) in [7, 11) is -7.79. The molecule has 234 valence electrons. The van der Waals surface area contributed by atoms with Gasteiger partial charge in [-0.05, 0) is 6.42 Å². The molecule has 0 rings (SSSR count). The number of hydrazine groups is 1. The quantitative estimate of drug-likeness (QED) is 0.121. The zero-order valence-electron chi connectivity index (χ0n) is 19.4. The molecule has 0 aliphatic carbocycles. The van der Waals surface area contributed by atoms with Crippen LogP contribution in [0.4, 0.5) is 74.6 Å². The molecule has 0 spiro atoms. The summed E-state index contributed by atoms with van der Waals surface area (Å²) >= 11 is 0. The maximum absolute atomic E-state index is 13.8. The Morgan fingerprint density at radius 1 is 0.650 bits per heavy atom. The molecule has 1 unspecified atom stereocenters. The third-order valence-electron chi connectivity index (χ3n) is 4.34. The Bertz CT molecular complexity index is 1060. The summed E-state index contributed by atoms with van der Waals surface area (Å²) in [6.45, 7) is 0. The molecule has 8 nitrogen and oxygen atoms in total. The Morgan fingerprint density at radius 2 is 0.975 bits per heavy atom. The van der Waals surface area contributed by atoms with Gasteiger partial charge in [-0.3, -0.25) is 9.59 Å². The van der Waals surface area contributed by atoms with Crippen molar-refractivity contribution in [2.24, 2.45) is 0 Å². The zero-order chi connectivity index (χ0) is 32.1. The van der Waals surface area contributed by atoms with E-state index in [2.05, 4.69) is 0 Å². The number of carboxylic acid groups (broad SMARTS) is 2. The maximum atomic E-state index is 13.8. The molecule has 0 saturated heterocycles. The van der Waals surface area contributed by atoms with E-state index in [1.165, 1.54) is 0 Å². The molecular formula is C13H10F17KN2O6S. The van der Waals surface area contributed by atoms with Gasteiger partial charge in [0.15, 0.2) is 0 Å². The number of alkyl halides is 17. The van der Waals surface area contributed by atoms with Crippen LogP contribution in [-0.4, -0.2) is 83.6 Å². The molecule has 0 fully saturated rings. The van der Waals surface area contributed by atoms with Crippen LogP contribution in [0, 0.1) is 0 Å². The molecule has 27 heteroatoms. The Balaban J connectivity index is -0.00000722. The van der Waals surface area contributed by atoms with E-state index in [-0.39, 0.29) is 57.6 Å². The van der Waals surface area contributed by atoms with Crippen molar-refractivity contribution in [3.8, 4) is 0 Å². The van der Waals surface area contributed by atoms with Crippen molar-refractivity contribution >= 4 is 22.0 Å². The van der Waals surface area contributed by atoms with Crippen LogP contribution in [0.15, 0.2) is 0 Å². The number of halogens is 17. The minimum atomic E-state index is -9.01. The number of hydrogen-bond donors (Lipinski definition) is 4. The second kappa shape index (κ2) is 12.1. The number of carboxylic acids is 2. The minimum Gasteiger partial charge on any atom is -1.00 e. The van der Waals surface area contributed by atoms with Crippen molar-refractivity contribution in [2.45, 2.75) is 65.8 Å². The van der Waals surface area contributed by atoms with E-state index in [1.54, 1.807) is 0 Å².